The Morgan fingerprint density at radius 3 is 2.23 bits per heavy atom. The van der Waals surface area contributed by atoms with Crippen molar-refractivity contribution in [3.8, 4) is 0 Å². The Kier molecular flexibility index (Phi) is 6.64. The normalized spacial score (nSPS) is 13.7. The maximum absolute atomic E-state index is 4.57. The first kappa shape index (κ1) is 13.1. The van der Waals surface area contributed by atoms with E-state index in [1.807, 2.05) is 0 Å². The first-order valence-electron chi connectivity index (χ1n) is 4.88. The average Bonchev–Trinajstić information content (AvgIpc) is 2.06. The van der Waals surface area contributed by atoms with Crippen molar-refractivity contribution in [3.63, 3.8) is 0 Å². The largest absolute Gasteiger partial charge is 0.293 e. The number of nitrogens with zero attached hydrogens (tertiary/aromatic N) is 1. The van der Waals surface area contributed by atoms with Crippen LogP contribution in [0.15, 0.2) is 15.2 Å². The van der Waals surface area contributed by atoms with Gasteiger partial charge in [-0.25, -0.2) is 0 Å². The van der Waals surface area contributed by atoms with Gasteiger partial charge in [0.1, 0.15) is 0 Å². The topological polar surface area (TPSA) is 12.4 Å². The van der Waals surface area contributed by atoms with Gasteiger partial charge in [-0.05, 0) is 16.9 Å². The number of hydrogen-bond donors (Lipinski definition) is 0. The molecule has 0 aliphatic rings. The van der Waals surface area contributed by atoms with Crippen molar-refractivity contribution in [3.05, 3.63) is 10.2 Å². The second-order valence-electron chi connectivity index (χ2n) is 3.86. The molecule has 0 atom stereocenters. The van der Waals surface area contributed by atoms with Gasteiger partial charge in [0.25, 0.3) is 0 Å². The summed E-state index contributed by atoms with van der Waals surface area (Å²) in [5, 5.41) is 0. The minimum atomic E-state index is 0.101. The monoisotopic (exact) mass is 293 g/mol. The second kappa shape index (κ2) is 6.57. The molecule has 76 valence electrons. The molecule has 0 saturated carbocycles. The van der Waals surface area contributed by atoms with Crippen molar-refractivity contribution in [2.24, 2.45) is 10.4 Å². The SMILES string of the molecule is CCC(CC)N=CC(C)(C)/C=C\I. The molecular formula is C11H20IN. The summed E-state index contributed by atoms with van der Waals surface area (Å²) in [7, 11) is 0. The van der Waals surface area contributed by atoms with E-state index < -0.39 is 0 Å². The molecule has 0 aliphatic carbocycles. The van der Waals surface area contributed by atoms with Crippen LogP contribution in [0.4, 0.5) is 0 Å². The maximum Gasteiger partial charge on any atom is 0.0490 e. The highest BCUT2D eigenvalue weighted by Crippen LogP contribution is 2.16. The minimum Gasteiger partial charge on any atom is -0.293 e. The summed E-state index contributed by atoms with van der Waals surface area (Å²) in [6, 6.07) is 0.502. The van der Waals surface area contributed by atoms with Crippen LogP contribution >= 0.6 is 22.6 Å². The first-order chi connectivity index (χ1) is 6.05. The molecule has 0 rings (SSSR count). The zero-order valence-corrected chi connectivity index (χ0v) is 11.2. The number of halogens is 1. The fraction of sp³-hybridized carbons (Fsp3) is 0.727. The Labute approximate surface area is 95.9 Å². The van der Waals surface area contributed by atoms with E-state index in [4.69, 9.17) is 0 Å². The van der Waals surface area contributed by atoms with E-state index in [-0.39, 0.29) is 5.41 Å². The highest BCUT2D eigenvalue weighted by Gasteiger charge is 2.10. The third-order valence-electron chi connectivity index (χ3n) is 2.05. The second-order valence-corrected chi connectivity index (χ2v) is 4.58. The molecule has 0 amide bonds. The van der Waals surface area contributed by atoms with Crippen LogP contribution in [0, 0.1) is 5.41 Å². The molecule has 0 aromatic rings. The lowest BCUT2D eigenvalue weighted by Gasteiger charge is -2.15. The van der Waals surface area contributed by atoms with E-state index >= 15 is 0 Å². The summed E-state index contributed by atoms with van der Waals surface area (Å²) in [6.45, 7) is 8.72. The molecule has 0 heterocycles. The van der Waals surface area contributed by atoms with Crippen LogP contribution in [0.25, 0.3) is 0 Å². The minimum absolute atomic E-state index is 0.101. The van der Waals surface area contributed by atoms with Crippen molar-refractivity contribution >= 4 is 28.8 Å². The molecule has 0 aliphatic heterocycles. The average molecular weight is 293 g/mol. The zero-order valence-electron chi connectivity index (χ0n) is 9.05. The van der Waals surface area contributed by atoms with Crippen LogP contribution in [-0.4, -0.2) is 12.3 Å². The Balaban J connectivity index is 4.22. The van der Waals surface area contributed by atoms with E-state index in [1.54, 1.807) is 0 Å². The fourth-order valence-electron chi connectivity index (χ4n) is 1.00. The Morgan fingerprint density at radius 1 is 1.31 bits per heavy atom. The van der Waals surface area contributed by atoms with Gasteiger partial charge >= 0.3 is 0 Å². The lowest BCUT2D eigenvalue weighted by atomic mass is 9.96. The zero-order chi connectivity index (χ0) is 10.3. The summed E-state index contributed by atoms with van der Waals surface area (Å²) in [5.41, 5.74) is 0.101. The van der Waals surface area contributed by atoms with Crippen LogP contribution in [0.2, 0.25) is 0 Å². The molecule has 0 N–H and O–H groups in total. The predicted octanol–water partition coefficient (Wildman–Crippen LogP) is 4.22. The molecule has 0 radical (unpaired) electrons. The van der Waals surface area contributed by atoms with Crippen LogP contribution in [-0.2, 0) is 0 Å². The molecule has 0 unspecified atom stereocenters. The van der Waals surface area contributed by atoms with E-state index in [0.717, 1.165) is 12.8 Å². The molecule has 2 heteroatoms. The van der Waals surface area contributed by atoms with Crippen LogP contribution in [0.1, 0.15) is 40.5 Å². The van der Waals surface area contributed by atoms with Gasteiger partial charge < -0.3 is 0 Å². The van der Waals surface area contributed by atoms with Crippen molar-refractivity contribution in [2.75, 3.05) is 0 Å². The quantitative estimate of drug-likeness (QED) is 0.531. The number of allylic oxidation sites excluding steroid dienone is 1. The molecule has 1 nitrogen and oxygen atoms in total. The van der Waals surface area contributed by atoms with Crippen molar-refractivity contribution in [1.82, 2.24) is 0 Å². The summed E-state index contributed by atoms with van der Waals surface area (Å²) in [6.07, 6.45) is 6.51. The highest BCUT2D eigenvalue weighted by molar-refractivity contribution is 14.1. The van der Waals surface area contributed by atoms with Crippen LogP contribution < -0.4 is 0 Å². The smallest absolute Gasteiger partial charge is 0.0490 e. The van der Waals surface area contributed by atoms with Gasteiger partial charge in [0.2, 0.25) is 0 Å². The third kappa shape index (κ3) is 6.24. The van der Waals surface area contributed by atoms with Crippen LogP contribution in [0.3, 0.4) is 0 Å². The van der Waals surface area contributed by atoms with Gasteiger partial charge in [0.05, 0.1) is 0 Å². The molecule has 0 fully saturated rings. The van der Waals surface area contributed by atoms with E-state index in [0.29, 0.717) is 6.04 Å². The number of rotatable bonds is 5. The summed E-state index contributed by atoms with van der Waals surface area (Å²) in [4.78, 5) is 4.57. The summed E-state index contributed by atoms with van der Waals surface area (Å²) < 4.78 is 2.05. The van der Waals surface area contributed by atoms with Crippen molar-refractivity contribution in [2.45, 2.75) is 46.6 Å². The summed E-state index contributed by atoms with van der Waals surface area (Å²) in [5.74, 6) is 0. The molecule has 0 saturated heterocycles. The van der Waals surface area contributed by atoms with Gasteiger partial charge in [-0.1, -0.05) is 56.4 Å². The van der Waals surface area contributed by atoms with Gasteiger partial charge in [-0.15, -0.1) is 0 Å². The lowest BCUT2D eigenvalue weighted by Crippen LogP contribution is -2.11. The van der Waals surface area contributed by atoms with Gasteiger partial charge in [0.15, 0.2) is 0 Å². The van der Waals surface area contributed by atoms with Crippen LogP contribution in [0.5, 0.6) is 0 Å². The predicted molar refractivity (Wildman–Crippen MR) is 69.8 cm³/mol. The third-order valence-corrected chi connectivity index (χ3v) is 2.41. The standard InChI is InChI=1S/C11H20IN/c1-5-10(6-2)13-9-11(3,4)7-8-12/h7-10H,5-6H2,1-4H3/b8-7-,13-9?. The van der Waals surface area contributed by atoms with E-state index in [2.05, 4.69) is 71.7 Å². The Hall–Kier alpha value is 0.140. The van der Waals surface area contributed by atoms with E-state index in [1.165, 1.54) is 0 Å². The maximum atomic E-state index is 4.57. The van der Waals surface area contributed by atoms with Crippen molar-refractivity contribution in [1.29, 1.82) is 0 Å². The molecule has 0 aromatic carbocycles. The fourth-order valence-corrected chi connectivity index (χ4v) is 1.93. The molecule has 0 bridgehead atoms. The molecule has 13 heavy (non-hydrogen) atoms. The molecule has 0 spiro atoms. The summed E-state index contributed by atoms with van der Waals surface area (Å²) >= 11 is 2.25. The number of aliphatic imine (C=N–C) groups is 1. The Bertz CT molecular complexity index is 179. The first-order valence-corrected chi connectivity index (χ1v) is 6.12. The lowest BCUT2D eigenvalue weighted by molar-refractivity contribution is 0.614. The van der Waals surface area contributed by atoms with Crippen molar-refractivity contribution < 1.29 is 0 Å². The molecule has 0 aromatic heterocycles. The Morgan fingerprint density at radius 2 is 1.85 bits per heavy atom. The molecular weight excluding hydrogens is 273 g/mol. The number of hydrogen-bond acceptors (Lipinski definition) is 1. The highest BCUT2D eigenvalue weighted by atomic mass is 127. The van der Waals surface area contributed by atoms with Gasteiger partial charge in [0, 0.05) is 17.7 Å². The van der Waals surface area contributed by atoms with Gasteiger partial charge in [-0.2, -0.15) is 0 Å². The van der Waals surface area contributed by atoms with Gasteiger partial charge in [-0.3, -0.25) is 4.99 Å². The van der Waals surface area contributed by atoms with E-state index in [9.17, 15) is 0 Å².